The lowest BCUT2D eigenvalue weighted by molar-refractivity contribution is -0.163. The van der Waals surface area contributed by atoms with E-state index in [-0.39, 0.29) is 47.3 Å². The van der Waals surface area contributed by atoms with Gasteiger partial charge in [-0.3, -0.25) is 0 Å². The highest BCUT2D eigenvalue weighted by Gasteiger charge is 3.01. The zero-order valence-corrected chi connectivity index (χ0v) is 21.0. The second kappa shape index (κ2) is 6.71. The summed E-state index contributed by atoms with van der Waals surface area (Å²) in [6.07, 6.45) is 4.11. The van der Waals surface area contributed by atoms with E-state index in [1.165, 1.54) is 18.2 Å². The van der Waals surface area contributed by atoms with Gasteiger partial charge in [-0.25, -0.2) is 14.0 Å². The molecule has 0 N–H and O–H groups in total. The topological polar surface area (TPSA) is 90.2 Å². The van der Waals surface area contributed by atoms with Crippen molar-refractivity contribution in [3.8, 4) is 0 Å². The second-order valence-corrected chi connectivity index (χ2v) is 12.2. The average Bonchev–Trinajstić information content (AvgIpc) is 3.77. The van der Waals surface area contributed by atoms with Crippen LogP contribution in [0, 0.1) is 23.1 Å². The van der Waals surface area contributed by atoms with Crippen LogP contribution in [0.5, 0.6) is 0 Å². The van der Waals surface area contributed by atoms with Crippen LogP contribution in [0.25, 0.3) is 6.08 Å². The van der Waals surface area contributed by atoms with Crippen molar-refractivity contribution < 1.29 is 37.7 Å². The average molecular weight is 509 g/mol. The highest BCUT2D eigenvalue weighted by Crippen LogP contribution is 2.83. The van der Waals surface area contributed by atoms with Gasteiger partial charge in [0.25, 0.3) is 0 Å². The number of halogens is 1. The van der Waals surface area contributed by atoms with Crippen molar-refractivity contribution in [3.05, 3.63) is 52.9 Å². The van der Waals surface area contributed by atoms with Crippen molar-refractivity contribution >= 4 is 18.0 Å². The van der Waals surface area contributed by atoms with Gasteiger partial charge in [0.2, 0.25) is 0 Å². The van der Waals surface area contributed by atoms with Crippen LogP contribution >= 0.6 is 0 Å². The monoisotopic (exact) mass is 508 g/mol. The first-order valence-corrected chi connectivity index (χ1v) is 13.3. The van der Waals surface area contributed by atoms with Crippen LogP contribution in [-0.4, -0.2) is 59.8 Å². The number of epoxide rings is 3. The first-order valence-electron chi connectivity index (χ1n) is 13.3. The van der Waals surface area contributed by atoms with Gasteiger partial charge in [-0.05, 0) is 60.4 Å². The first-order chi connectivity index (χ1) is 17.7. The van der Waals surface area contributed by atoms with Gasteiger partial charge in [0, 0.05) is 17.1 Å². The predicted octanol–water partition coefficient (Wildman–Crippen LogP) is 3.51. The third-order valence-corrected chi connectivity index (χ3v) is 10.6. The number of hydrogen-bond donors (Lipinski definition) is 0. The minimum Gasteiger partial charge on any atom is -0.458 e. The van der Waals surface area contributed by atoms with Gasteiger partial charge in [-0.15, -0.1) is 0 Å². The van der Waals surface area contributed by atoms with E-state index in [0.717, 1.165) is 24.0 Å². The summed E-state index contributed by atoms with van der Waals surface area (Å²) in [6, 6.07) is 5.92. The summed E-state index contributed by atoms with van der Waals surface area (Å²) in [5.41, 5.74) is 0.265. The van der Waals surface area contributed by atoms with Crippen LogP contribution in [0.15, 0.2) is 41.5 Å². The Balaban J connectivity index is 1.16. The zero-order valence-electron chi connectivity index (χ0n) is 21.0. The number of carbonyl (C=O) groups excluding carboxylic acids is 2. The zero-order chi connectivity index (χ0) is 25.5. The highest BCUT2D eigenvalue weighted by molar-refractivity contribution is 5.92. The van der Waals surface area contributed by atoms with E-state index in [9.17, 15) is 14.0 Å². The van der Waals surface area contributed by atoms with Crippen LogP contribution in [0.4, 0.5) is 4.39 Å². The molecule has 0 amide bonds. The third-order valence-electron chi connectivity index (χ3n) is 10.6. The molecule has 5 fully saturated rings. The number of carbonyl (C=O) groups is 2. The molecule has 2 saturated carbocycles. The molecule has 2 unspecified atom stereocenters. The quantitative estimate of drug-likeness (QED) is 0.349. The van der Waals surface area contributed by atoms with Crippen molar-refractivity contribution in [2.45, 2.75) is 81.3 Å². The minimum absolute atomic E-state index is 0.0878. The lowest BCUT2D eigenvalue weighted by Crippen LogP contribution is -2.70. The van der Waals surface area contributed by atoms with Crippen molar-refractivity contribution in [3.63, 3.8) is 0 Å². The van der Waals surface area contributed by atoms with Gasteiger partial charge in [0.1, 0.15) is 35.8 Å². The normalized spacial score (nSPS) is 47.8. The van der Waals surface area contributed by atoms with E-state index in [4.69, 9.17) is 23.7 Å². The van der Waals surface area contributed by atoms with Crippen LogP contribution in [0.3, 0.4) is 0 Å². The van der Waals surface area contributed by atoms with Gasteiger partial charge in [0.15, 0.2) is 11.7 Å². The van der Waals surface area contributed by atoms with Crippen molar-refractivity contribution in [2.75, 3.05) is 6.61 Å². The maximum absolute atomic E-state index is 13.3. The molecule has 0 aromatic heterocycles. The van der Waals surface area contributed by atoms with Crippen LogP contribution in [-0.2, 0) is 33.3 Å². The smallest absolute Gasteiger partial charge is 0.334 e. The molecular weight excluding hydrogens is 479 g/mol. The Labute approximate surface area is 213 Å². The first kappa shape index (κ1) is 22.4. The Hall–Kier alpha value is -2.55. The summed E-state index contributed by atoms with van der Waals surface area (Å²) in [5, 5.41) is 0. The maximum atomic E-state index is 13.3. The number of fused-ring (bicyclic) bond motifs is 4. The Morgan fingerprint density at radius 2 is 1.95 bits per heavy atom. The molecule has 9 atom stereocenters. The molecule has 37 heavy (non-hydrogen) atoms. The molecule has 7 nitrogen and oxygen atoms in total. The minimum atomic E-state index is -0.777. The van der Waals surface area contributed by atoms with E-state index in [1.54, 1.807) is 18.2 Å². The molecule has 2 spiro atoms. The van der Waals surface area contributed by atoms with Gasteiger partial charge >= 0.3 is 11.9 Å². The third kappa shape index (κ3) is 2.44. The Bertz CT molecular complexity index is 1320. The Morgan fingerprint density at radius 3 is 2.70 bits per heavy atom. The van der Waals surface area contributed by atoms with Gasteiger partial charge in [-0.1, -0.05) is 32.9 Å². The summed E-state index contributed by atoms with van der Waals surface area (Å²) in [7, 11) is 0. The van der Waals surface area contributed by atoms with Gasteiger partial charge in [0.05, 0.1) is 6.10 Å². The summed E-state index contributed by atoms with van der Waals surface area (Å²) in [4.78, 5) is 25.5. The van der Waals surface area contributed by atoms with Gasteiger partial charge < -0.3 is 23.7 Å². The highest BCUT2D eigenvalue weighted by atomic mass is 19.1. The van der Waals surface area contributed by atoms with Crippen LogP contribution in [0.2, 0.25) is 0 Å². The SMILES string of the molecule is CC(C)[C@@]12O[C@@H]1[C@H]1OC13C1(O[C@H]1C[C@@H]1C4=C(CC[C@@]13C)C(=O)OC4)[C@@H]2OC(=O)/C=C/c1ccc(F)cc1. The van der Waals surface area contributed by atoms with E-state index >= 15 is 0 Å². The Kier molecular flexibility index (Phi) is 4.07. The summed E-state index contributed by atoms with van der Waals surface area (Å²) < 4.78 is 44.7. The van der Waals surface area contributed by atoms with E-state index < -0.39 is 28.9 Å². The van der Waals surface area contributed by atoms with Crippen molar-refractivity contribution in [2.24, 2.45) is 17.3 Å². The number of esters is 2. The molecule has 7 aliphatic rings. The molecule has 0 radical (unpaired) electrons. The molecule has 1 aromatic carbocycles. The molecule has 0 bridgehead atoms. The van der Waals surface area contributed by atoms with Crippen molar-refractivity contribution in [1.82, 2.24) is 0 Å². The van der Waals surface area contributed by atoms with Crippen LogP contribution in [0.1, 0.15) is 45.6 Å². The summed E-state index contributed by atoms with van der Waals surface area (Å²) in [5.74, 6) is -0.805. The van der Waals surface area contributed by atoms with Gasteiger partial charge in [-0.2, -0.15) is 0 Å². The molecular formula is C29H29FO7. The Morgan fingerprint density at radius 1 is 1.16 bits per heavy atom. The summed E-state index contributed by atoms with van der Waals surface area (Å²) in [6.45, 7) is 6.77. The number of benzene rings is 1. The molecule has 3 saturated heterocycles. The predicted molar refractivity (Wildman–Crippen MR) is 126 cm³/mol. The molecule has 3 aliphatic carbocycles. The van der Waals surface area contributed by atoms with E-state index in [1.807, 2.05) is 0 Å². The fourth-order valence-corrected chi connectivity index (χ4v) is 8.74. The lowest BCUT2D eigenvalue weighted by atomic mass is 9.46. The molecule has 4 aliphatic heterocycles. The maximum Gasteiger partial charge on any atom is 0.334 e. The standard InChI is InChI=1S/C29H29FO7/c1-14(2)27-22(36-27)23-29(37-23)26(3)11-10-17-18(13-33-24(17)32)19(26)12-20-28(29,35-20)25(27)34-21(31)9-6-15-4-7-16(30)8-5-15/h4-9,14,19-20,22-23,25H,10-13H2,1-3H3/b9-6+/t19-,20+,22-,23-,25-,26+,27-,28?,29?/m1/s1. The number of cyclic esters (lactones) is 1. The largest absolute Gasteiger partial charge is 0.458 e. The molecule has 8 rings (SSSR count). The van der Waals surface area contributed by atoms with E-state index in [0.29, 0.717) is 18.6 Å². The molecule has 1 aromatic rings. The number of ether oxygens (including phenoxy) is 5. The lowest BCUT2D eigenvalue weighted by Gasteiger charge is -2.53. The molecule has 194 valence electrons. The number of rotatable bonds is 4. The molecule has 4 heterocycles. The summed E-state index contributed by atoms with van der Waals surface area (Å²) >= 11 is 0. The van der Waals surface area contributed by atoms with Crippen LogP contribution < -0.4 is 0 Å². The molecule has 8 heteroatoms. The fraction of sp³-hybridized carbons (Fsp3) is 0.586. The number of hydrogen-bond acceptors (Lipinski definition) is 7. The fourth-order valence-electron chi connectivity index (χ4n) is 8.74. The van der Waals surface area contributed by atoms with E-state index in [2.05, 4.69) is 20.8 Å². The second-order valence-electron chi connectivity index (χ2n) is 12.2. The van der Waals surface area contributed by atoms with Crippen molar-refractivity contribution in [1.29, 1.82) is 0 Å².